The highest BCUT2D eigenvalue weighted by Crippen LogP contribution is 2.23. The third-order valence-corrected chi connectivity index (χ3v) is 4.25. The molecule has 0 bridgehead atoms. The van der Waals surface area contributed by atoms with Crippen LogP contribution in [0.2, 0.25) is 0 Å². The van der Waals surface area contributed by atoms with Crippen molar-refractivity contribution in [2.75, 3.05) is 20.2 Å². The fraction of sp³-hybridized carbons (Fsp3) is 0.938. The Bertz CT molecular complexity index is 301. The van der Waals surface area contributed by atoms with Gasteiger partial charge in [0.1, 0.15) is 5.54 Å². The molecule has 0 radical (unpaired) electrons. The van der Waals surface area contributed by atoms with E-state index in [1.807, 2.05) is 13.8 Å². The fourth-order valence-corrected chi connectivity index (χ4v) is 3.09. The summed E-state index contributed by atoms with van der Waals surface area (Å²) in [5, 5.41) is 3.39. The van der Waals surface area contributed by atoms with Crippen molar-refractivity contribution in [2.24, 2.45) is 0 Å². The monoisotopic (exact) mass is 284 g/mol. The molecule has 118 valence electrons. The van der Waals surface area contributed by atoms with Crippen molar-refractivity contribution in [2.45, 2.75) is 77.4 Å². The third kappa shape index (κ3) is 5.06. The van der Waals surface area contributed by atoms with Gasteiger partial charge in [-0.05, 0) is 54.0 Å². The number of hydrogen-bond donors (Lipinski definition) is 1. The van der Waals surface area contributed by atoms with Crippen LogP contribution in [0.4, 0.5) is 0 Å². The molecule has 4 heteroatoms. The van der Waals surface area contributed by atoms with Crippen LogP contribution in [0.5, 0.6) is 0 Å². The summed E-state index contributed by atoms with van der Waals surface area (Å²) in [6, 6.07) is 0.960. The van der Waals surface area contributed by atoms with Crippen LogP contribution < -0.4 is 5.32 Å². The first-order valence-electron chi connectivity index (χ1n) is 8.04. The van der Waals surface area contributed by atoms with Gasteiger partial charge in [0, 0.05) is 18.6 Å². The van der Waals surface area contributed by atoms with Gasteiger partial charge in [0.05, 0.1) is 6.61 Å². The largest absolute Gasteiger partial charge is 0.465 e. The van der Waals surface area contributed by atoms with E-state index in [0.29, 0.717) is 12.6 Å². The minimum atomic E-state index is -0.586. The van der Waals surface area contributed by atoms with E-state index in [2.05, 4.69) is 31.1 Å². The summed E-state index contributed by atoms with van der Waals surface area (Å²) in [5.41, 5.74) is -0.586. The molecule has 1 N–H and O–H groups in total. The molecule has 4 nitrogen and oxygen atoms in total. The van der Waals surface area contributed by atoms with Crippen LogP contribution >= 0.6 is 0 Å². The van der Waals surface area contributed by atoms with Crippen LogP contribution in [0.15, 0.2) is 0 Å². The lowest BCUT2D eigenvalue weighted by atomic mass is 9.96. The number of nitrogens with zero attached hydrogens (tertiary/aromatic N) is 1. The lowest BCUT2D eigenvalue weighted by Gasteiger charge is -2.33. The molecular formula is C16H32N2O2. The van der Waals surface area contributed by atoms with Crippen LogP contribution in [-0.4, -0.2) is 48.7 Å². The summed E-state index contributed by atoms with van der Waals surface area (Å²) in [7, 11) is 2.18. The second-order valence-electron chi connectivity index (χ2n) is 6.52. The molecule has 0 aromatic heterocycles. The van der Waals surface area contributed by atoms with Crippen molar-refractivity contribution in [3.8, 4) is 0 Å². The second kappa shape index (κ2) is 7.99. The maximum absolute atomic E-state index is 12.2. The van der Waals surface area contributed by atoms with E-state index in [1.54, 1.807) is 0 Å². The van der Waals surface area contributed by atoms with Gasteiger partial charge in [-0.1, -0.05) is 12.8 Å². The van der Waals surface area contributed by atoms with Crippen molar-refractivity contribution < 1.29 is 9.53 Å². The highest BCUT2D eigenvalue weighted by atomic mass is 16.5. The smallest absolute Gasteiger partial charge is 0.326 e. The Hall–Kier alpha value is -0.610. The quantitative estimate of drug-likeness (QED) is 0.696. The molecular weight excluding hydrogens is 252 g/mol. The molecule has 0 heterocycles. The normalized spacial score (nSPS) is 19.6. The van der Waals surface area contributed by atoms with E-state index in [4.69, 9.17) is 4.74 Å². The molecule has 0 saturated heterocycles. The zero-order valence-electron chi connectivity index (χ0n) is 13.9. The lowest BCUT2D eigenvalue weighted by molar-refractivity contribution is -0.151. The molecule has 0 aromatic carbocycles. The molecule has 1 atom stereocenters. The Morgan fingerprint density at radius 3 is 2.50 bits per heavy atom. The maximum Gasteiger partial charge on any atom is 0.326 e. The molecule has 0 aromatic rings. The van der Waals surface area contributed by atoms with Gasteiger partial charge in [-0.2, -0.15) is 0 Å². The Labute approximate surface area is 124 Å². The average molecular weight is 284 g/mol. The molecule has 1 aliphatic carbocycles. The first-order chi connectivity index (χ1) is 9.39. The van der Waals surface area contributed by atoms with E-state index in [9.17, 15) is 4.79 Å². The van der Waals surface area contributed by atoms with Gasteiger partial charge in [0.2, 0.25) is 0 Å². The average Bonchev–Trinajstić information content (AvgIpc) is 2.89. The Morgan fingerprint density at radius 1 is 1.40 bits per heavy atom. The van der Waals surface area contributed by atoms with Gasteiger partial charge in [-0.15, -0.1) is 0 Å². The molecule has 1 aliphatic rings. The molecule has 0 spiro atoms. The van der Waals surface area contributed by atoms with Crippen LogP contribution in [0, 0.1) is 0 Å². The minimum Gasteiger partial charge on any atom is -0.465 e. The second-order valence-corrected chi connectivity index (χ2v) is 6.52. The van der Waals surface area contributed by atoms with Gasteiger partial charge in [0.25, 0.3) is 0 Å². The number of rotatable bonds is 8. The van der Waals surface area contributed by atoms with E-state index in [0.717, 1.165) is 13.0 Å². The standard InChI is InChI=1S/C16H32N2O2/c1-6-20-15(19)16(4,17-13(2)3)11-12-18(5)14-9-7-8-10-14/h13-14,17H,6-12H2,1-5H3. The first kappa shape index (κ1) is 17.4. The molecule has 0 amide bonds. The van der Waals surface area contributed by atoms with Gasteiger partial charge >= 0.3 is 5.97 Å². The SMILES string of the molecule is CCOC(=O)C(C)(CCN(C)C1CCCC1)NC(C)C. The lowest BCUT2D eigenvalue weighted by Crippen LogP contribution is -2.54. The molecule has 1 fully saturated rings. The Kier molecular flexibility index (Phi) is 6.96. The van der Waals surface area contributed by atoms with Crippen LogP contribution in [-0.2, 0) is 9.53 Å². The van der Waals surface area contributed by atoms with Gasteiger partial charge in [0.15, 0.2) is 0 Å². The van der Waals surface area contributed by atoms with Crippen molar-refractivity contribution in [3.05, 3.63) is 0 Å². The molecule has 1 saturated carbocycles. The predicted molar refractivity (Wildman–Crippen MR) is 82.8 cm³/mol. The highest BCUT2D eigenvalue weighted by molar-refractivity contribution is 5.80. The number of esters is 1. The fourth-order valence-electron chi connectivity index (χ4n) is 3.09. The Morgan fingerprint density at radius 2 is 2.00 bits per heavy atom. The molecule has 20 heavy (non-hydrogen) atoms. The Balaban J connectivity index is 2.57. The summed E-state index contributed by atoms with van der Waals surface area (Å²) >= 11 is 0. The van der Waals surface area contributed by atoms with E-state index in [-0.39, 0.29) is 12.0 Å². The van der Waals surface area contributed by atoms with Crippen LogP contribution in [0.25, 0.3) is 0 Å². The minimum absolute atomic E-state index is 0.131. The zero-order valence-corrected chi connectivity index (χ0v) is 13.9. The molecule has 1 unspecified atom stereocenters. The first-order valence-corrected chi connectivity index (χ1v) is 8.04. The summed E-state index contributed by atoms with van der Waals surface area (Å²) in [6.45, 7) is 9.33. The van der Waals surface area contributed by atoms with Crippen molar-refractivity contribution >= 4 is 5.97 Å². The number of nitrogens with one attached hydrogen (secondary N) is 1. The van der Waals surface area contributed by atoms with Gasteiger partial charge in [-0.25, -0.2) is 0 Å². The number of ether oxygens (including phenoxy) is 1. The summed E-state index contributed by atoms with van der Waals surface area (Å²) < 4.78 is 5.25. The number of carbonyl (C=O) groups excluding carboxylic acids is 1. The van der Waals surface area contributed by atoms with Gasteiger partial charge in [-0.3, -0.25) is 10.1 Å². The maximum atomic E-state index is 12.2. The van der Waals surface area contributed by atoms with Crippen molar-refractivity contribution in [3.63, 3.8) is 0 Å². The van der Waals surface area contributed by atoms with Crippen molar-refractivity contribution in [1.82, 2.24) is 10.2 Å². The predicted octanol–water partition coefficient (Wildman–Crippen LogP) is 2.57. The topological polar surface area (TPSA) is 41.6 Å². The van der Waals surface area contributed by atoms with Crippen LogP contribution in [0.1, 0.15) is 59.8 Å². The summed E-state index contributed by atoms with van der Waals surface area (Å²) in [6.07, 6.45) is 6.06. The van der Waals surface area contributed by atoms with E-state index < -0.39 is 5.54 Å². The van der Waals surface area contributed by atoms with Crippen molar-refractivity contribution in [1.29, 1.82) is 0 Å². The van der Waals surface area contributed by atoms with Crippen LogP contribution in [0.3, 0.4) is 0 Å². The molecule has 0 aliphatic heterocycles. The van der Waals surface area contributed by atoms with E-state index >= 15 is 0 Å². The summed E-state index contributed by atoms with van der Waals surface area (Å²) in [4.78, 5) is 14.6. The third-order valence-electron chi connectivity index (χ3n) is 4.25. The number of hydrogen-bond acceptors (Lipinski definition) is 4. The highest BCUT2D eigenvalue weighted by Gasteiger charge is 2.35. The molecule has 1 rings (SSSR count). The van der Waals surface area contributed by atoms with E-state index in [1.165, 1.54) is 25.7 Å². The summed E-state index contributed by atoms with van der Waals surface area (Å²) in [5.74, 6) is -0.131. The van der Waals surface area contributed by atoms with Gasteiger partial charge < -0.3 is 9.64 Å². The zero-order chi connectivity index (χ0) is 15.2. The number of carbonyl (C=O) groups is 1.